The average Bonchev–Trinajstić information content (AvgIpc) is 2.40. The van der Waals surface area contributed by atoms with E-state index in [1.807, 2.05) is 0 Å². The Labute approximate surface area is 109 Å². The van der Waals surface area contributed by atoms with Crippen molar-refractivity contribution in [1.82, 2.24) is 4.98 Å². The first-order chi connectivity index (χ1) is 8.65. The SMILES string of the molecule is COc1cc(-c2cc(Cl)ccc2F)c(OC)cn1. The normalized spacial score (nSPS) is 10.2. The van der Waals surface area contributed by atoms with Crippen LogP contribution in [0, 0.1) is 5.82 Å². The highest BCUT2D eigenvalue weighted by Gasteiger charge is 2.13. The smallest absolute Gasteiger partial charge is 0.213 e. The van der Waals surface area contributed by atoms with E-state index in [0.29, 0.717) is 27.8 Å². The predicted molar refractivity (Wildman–Crippen MR) is 67.7 cm³/mol. The van der Waals surface area contributed by atoms with Gasteiger partial charge < -0.3 is 9.47 Å². The van der Waals surface area contributed by atoms with Crippen LogP contribution in [0.2, 0.25) is 5.02 Å². The van der Waals surface area contributed by atoms with Crippen LogP contribution in [-0.2, 0) is 0 Å². The van der Waals surface area contributed by atoms with Crippen LogP contribution in [0.5, 0.6) is 11.6 Å². The molecule has 0 fully saturated rings. The van der Waals surface area contributed by atoms with Gasteiger partial charge in [0.2, 0.25) is 5.88 Å². The largest absolute Gasteiger partial charge is 0.494 e. The van der Waals surface area contributed by atoms with Gasteiger partial charge >= 0.3 is 0 Å². The monoisotopic (exact) mass is 267 g/mol. The molecule has 1 aromatic carbocycles. The number of rotatable bonds is 3. The molecule has 18 heavy (non-hydrogen) atoms. The number of nitrogens with zero attached hydrogens (tertiary/aromatic N) is 1. The summed E-state index contributed by atoms with van der Waals surface area (Å²) in [5.41, 5.74) is 0.893. The minimum absolute atomic E-state index is 0.347. The van der Waals surface area contributed by atoms with Crippen LogP contribution in [0.15, 0.2) is 30.5 Å². The summed E-state index contributed by atoms with van der Waals surface area (Å²) < 4.78 is 24.0. The van der Waals surface area contributed by atoms with Gasteiger partial charge in [0.1, 0.15) is 11.6 Å². The summed E-state index contributed by atoms with van der Waals surface area (Å²) >= 11 is 5.88. The third-order valence-corrected chi connectivity index (χ3v) is 2.73. The van der Waals surface area contributed by atoms with E-state index in [1.165, 1.54) is 38.6 Å². The van der Waals surface area contributed by atoms with Crippen molar-refractivity contribution >= 4 is 11.6 Å². The molecule has 0 saturated heterocycles. The van der Waals surface area contributed by atoms with Gasteiger partial charge in [-0.15, -0.1) is 0 Å². The number of methoxy groups -OCH3 is 2. The molecule has 0 spiro atoms. The molecule has 0 atom stereocenters. The van der Waals surface area contributed by atoms with Crippen LogP contribution in [0.25, 0.3) is 11.1 Å². The van der Waals surface area contributed by atoms with Gasteiger partial charge in [-0.05, 0) is 18.2 Å². The second kappa shape index (κ2) is 5.23. The Balaban J connectivity index is 2.64. The number of hydrogen-bond acceptors (Lipinski definition) is 3. The number of hydrogen-bond donors (Lipinski definition) is 0. The van der Waals surface area contributed by atoms with Crippen LogP contribution in [0.1, 0.15) is 0 Å². The van der Waals surface area contributed by atoms with Crippen molar-refractivity contribution in [2.24, 2.45) is 0 Å². The molecule has 2 aromatic rings. The maximum absolute atomic E-state index is 13.8. The Morgan fingerprint density at radius 3 is 2.56 bits per heavy atom. The Morgan fingerprint density at radius 1 is 1.11 bits per heavy atom. The fraction of sp³-hybridized carbons (Fsp3) is 0.154. The molecule has 5 heteroatoms. The van der Waals surface area contributed by atoms with E-state index in [4.69, 9.17) is 21.1 Å². The molecule has 3 nitrogen and oxygen atoms in total. The molecule has 0 radical (unpaired) electrons. The Bertz CT molecular complexity index is 575. The van der Waals surface area contributed by atoms with E-state index in [0.717, 1.165) is 0 Å². The van der Waals surface area contributed by atoms with Gasteiger partial charge in [-0.25, -0.2) is 9.37 Å². The summed E-state index contributed by atoms with van der Waals surface area (Å²) in [5, 5.41) is 0.448. The van der Waals surface area contributed by atoms with Crippen LogP contribution >= 0.6 is 11.6 Å². The van der Waals surface area contributed by atoms with E-state index in [-0.39, 0.29) is 5.82 Å². The van der Waals surface area contributed by atoms with Crippen molar-refractivity contribution in [3.63, 3.8) is 0 Å². The molecule has 0 bridgehead atoms. The summed E-state index contributed by atoms with van der Waals surface area (Å²) in [6, 6.07) is 5.94. The molecule has 1 heterocycles. The highest BCUT2D eigenvalue weighted by atomic mass is 35.5. The molecule has 0 amide bonds. The minimum atomic E-state index is -0.383. The molecule has 0 saturated carbocycles. The molecule has 0 unspecified atom stereocenters. The number of benzene rings is 1. The lowest BCUT2D eigenvalue weighted by molar-refractivity contribution is 0.388. The second-order valence-electron chi connectivity index (χ2n) is 3.55. The number of aromatic nitrogens is 1. The molecular weight excluding hydrogens is 257 g/mol. The van der Waals surface area contributed by atoms with Crippen LogP contribution in [0.3, 0.4) is 0 Å². The molecule has 0 N–H and O–H groups in total. The van der Waals surface area contributed by atoms with E-state index in [2.05, 4.69) is 4.98 Å². The summed E-state index contributed by atoms with van der Waals surface area (Å²) in [7, 11) is 2.99. The molecular formula is C13H11ClFNO2. The average molecular weight is 268 g/mol. The lowest BCUT2D eigenvalue weighted by atomic mass is 10.1. The van der Waals surface area contributed by atoms with Crippen molar-refractivity contribution in [2.75, 3.05) is 14.2 Å². The van der Waals surface area contributed by atoms with Gasteiger partial charge in [0.15, 0.2) is 0 Å². The summed E-state index contributed by atoms with van der Waals surface area (Å²) in [4.78, 5) is 4.00. The topological polar surface area (TPSA) is 31.4 Å². The summed E-state index contributed by atoms with van der Waals surface area (Å²) in [6.45, 7) is 0. The van der Waals surface area contributed by atoms with Gasteiger partial charge in [0.25, 0.3) is 0 Å². The molecule has 2 rings (SSSR count). The lowest BCUT2D eigenvalue weighted by Crippen LogP contribution is -1.94. The summed E-state index contributed by atoms with van der Waals surface area (Å²) in [5.74, 6) is 0.452. The van der Waals surface area contributed by atoms with Crippen LogP contribution < -0.4 is 9.47 Å². The minimum Gasteiger partial charge on any atom is -0.494 e. The Hall–Kier alpha value is -1.81. The maximum Gasteiger partial charge on any atom is 0.213 e. The third kappa shape index (κ3) is 2.38. The number of halogens is 2. The first-order valence-corrected chi connectivity index (χ1v) is 5.57. The maximum atomic E-state index is 13.8. The van der Waals surface area contributed by atoms with E-state index in [1.54, 1.807) is 6.07 Å². The highest BCUT2D eigenvalue weighted by Crippen LogP contribution is 2.34. The van der Waals surface area contributed by atoms with Crippen molar-refractivity contribution in [1.29, 1.82) is 0 Å². The summed E-state index contributed by atoms with van der Waals surface area (Å²) in [6.07, 6.45) is 1.48. The van der Waals surface area contributed by atoms with Crippen molar-refractivity contribution in [2.45, 2.75) is 0 Å². The first kappa shape index (κ1) is 12.6. The van der Waals surface area contributed by atoms with Crippen molar-refractivity contribution in [3.8, 4) is 22.8 Å². The Morgan fingerprint density at radius 2 is 1.89 bits per heavy atom. The van der Waals surface area contributed by atoms with Crippen LogP contribution in [-0.4, -0.2) is 19.2 Å². The zero-order chi connectivity index (χ0) is 13.1. The van der Waals surface area contributed by atoms with Crippen molar-refractivity contribution in [3.05, 3.63) is 41.3 Å². The second-order valence-corrected chi connectivity index (χ2v) is 3.99. The third-order valence-electron chi connectivity index (χ3n) is 2.49. The zero-order valence-corrected chi connectivity index (χ0v) is 10.7. The fourth-order valence-electron chi connectivity index (χ4n) is 1.61. The quantitative estimate of drug-likeness (QED) is 0.852. The number of ether oxygens (including phenoxy) is 2. The van der Waals surface area contributed by atoms with E-state index >= 15 is 0 Å². The van der Waals surface area contributed by atoms with Gasteiger partial charge in [0, 0.05) is 22.2 Å². The van der Waals surface area contributed by atoms with E-state index in [9.17, 15) is 4.39 Å². The zero-order valence-electron chi connectivity index (χ0n) is 9.91. The predicted octanol–water partition coefficient (Wildman–Crippen LogP) is 3.56. The Kier molecular flexibility index (Phi) is 3.67. The van der Waals surface area contributed by atoms with Crippen LogP contribution in [0.4, 0.5) is 4.39 Å². The standard InChI is InChI=1S/C13H11ClFNO2/c1-17-12-7-16-13(18-2)6-10(12)9-5-8(14)3-4-11(9)15/h3-7H,1-2H3. The first-order valence-electron chi connectivity index (χ1n) is 5.19. The van der Waals surface area contributed by atoms with Gasteiger partial charge in [-0.2, -0.15) is 0 Å². The van der Waals surface area contributed by atoms with Gasteiger partial charge in [-0.3, -0.25) is 0 Å². The van der Waals surface area contributed by atoms with Gasteiger partial charge in [0.05, 0.1) is 20.4 Å². The molecule has 0 aliphatic heterocycles. The van der Waals surface area contributed by atoms with E-state index < -0.39 is 0 Å². The fourth-order valence-corrected chi connectivity index (χ4v) is 1.78. The lowest BCUT2D eigenvalue weighted by Gasteiger charge is -2.10. The molecule has 0 aliphatic rings. The molecule has 1 aromatic heterocycles. The highest BCUT2D eigenvalue weighted by molar-refractivity contribution is 6.30. The molecule has 0 aliphatic carbocycles. The number of pyridine rings is 1. The van der Waals surface area contributed by atoms with Crippen molar-refractivity contribution < 1.29 is 13.9 Å². The van der Waals surface area contributed by atoms with Gasteiger partial charge in [-0.1, -0.05) is 11.6 Å². The molecule has 94 valence electrons.